The molecule has 0 unspecified atom stereocenters. The van der Waals surface area contributed by atoms with Gasteiger partial charge in [0.2, 0.25) is 5.52 Å². The maximum atomic E-state index is 11.9. The van der Waals surface area contributed by atoms with E-state index in [4.69, 9.17) is 11.6 Å². The number of aromatic nitrogens is 1. The summed E-state index contributed by atoms with van der Waals surface area (Å²) in [5, 5.41) is 13.5. The van der Waals surface area contributed by atoms with Gasteiger partial charge in [0.25, 0.3) is 0 Å². The smallest absolute Gasteiger partial charge is 0.231 e. The van der Waals surface area contributed by atoms with Crippen molar-refractivity contribution in [3.05, 3.63) is 71.0 Å². The first-order chi connectivity index (χ1) is 8.75. The van der Waals surface area contributed by atoms with Crippen molar-refractivity contribution in [1.82, 2.24) is 0 Å². The number of fused-ring (bicyclic) bond motifs is 1. The molecule has 3 aromatic rings. The number of halogens is 1. The summed E-state index contributed by atoms with van der Waals surface area (Å²) >= 11 is 5.88. The second-order valence-corrected chi connectivity index (χ2v) is 4.52. The van der Waals surface area contributed by atoms with Crippen molar-refractivity contribution in [3.8, 4) is 11.1 Å². The number of nitrogens with zero attached hydrogens (tertiary/aromatic N) is 1. The molecule has 0 fully saturated rings. The average molecular weight is 256 g/mol. The molecule has 0 saturated heterocycles. The summed E-state index contributed by atoms with van der Waals surface area (Å²) in [6, 6.07) is 17.0. The first kappa shape index (κ1) is 11.1. The fourth-order valence-electron chi connectivity index (χ4n) is 2.10. The van der Waals surface area contributed by atoms with Crippen molar-refractivity contribution < 1.29 is 4.73 Å². The van der Waals surface area contributed by atoms with Gasteiger partial charge in [-0.15, -0.1) is 0 Å². The third-order valence-electron chi connectivity index (χ3n) is 2.94. The quantitative estimate of drug-likeness (QED) is 0.480. The third-order valence-corrected chi connectivity index (χ3v) is 3.19. The first-order valence-corrected chi connectivity index (χ1v) is 6.00. The van der Waals surface area contributed by atoms with E-state index in [1.54, 1.807) is 6.07 Å². The van der Waals surface area contributed by atoms with Gasteiger partial charge < -0.3 is 5.21 Å². The van der Waals surface area contributed by atoms with Crippen LogP contribution in [0.1, 0.15) is 0 Å². The Hall–Kier alpha value is -2.06. The molecule has 0 aliphatic heterocycles. The number of hydrogen-bond acceptors (Lipinski definition) is 1. The van der Waals surface area contributed by atoms with Crippen LogP contribution in [0.3, 0.4) is 0 Å². The van der Waals surface area contributed by atoms with Gasteiger partial charge in [-0.3, -0.25) is 0 Å². The molecule has 0 N–H and O–H groups in total. The Morgan fingerprint density at radius 2 is 1.61 bits per heavy atom. The molecule has 3 heteroatoms. The molecule has 0 spiro atoms. The summed E-state index contributed by atoms with van der Waals surface area (Å²) < 4.78 is 0.902. The monoisotopic (exact) mass is 255 g/mol. The van der Waals surface area contributed by atoms with E-state index in [1.807, 2.05) is 48.5 Å². The molecule has 2 nitrogen and oxygen atoms in total. The molecule has 0 aliphatic carbocycles. The molecule has 88 valence electrons. The number of hydrogen-bond donors (Lipinski definition) is 0. The lowest BCUT2D eigenvalue weighted by Gasteiger charge is -2.07. The second kappa shape index (κ2) is 4.31. The van der Waals surface area contributed by atoms with Crippen LogP contribution in [0.4, 0.5) is 0 Å². The van der Waals surface area contributed by atoms with Crippen molar-refractivity contribution in [2.24, 2.45) is 0 Å². The minimum absolute atomic E-state index is 0.683. The standard InChI is InChI=1S/C15H10ClNO/c16-13-8-6-11(7-9-13)14-5-1-3-12-4-2-10-17(18)15(12)14/h1-10H. The Bertz CT molecular complexity index is 702. The minimum Gasteiger partial charge on any atom is -0.618 e. The summed E-state index contributed by atoms with van der Waals surface area (Å²) in [4.78, 5) is 0. The molecular formula is C15H10ClNO. The van der Waals surface area contributed by atoms with Crippen molar-refractivity contribution in [1.29, 1.82) is 0 Å². The maximum Gasteiger partial charge on any atom is 0.231 e. The van der Waals surface area contributed by atoms with Crippen molar-refractivity contribution in [2.45, 2.75) is 0 Å². The lowest BCUT2D eigenvalue weighted by atomic mass is 10.0. The van der Waals surface area contributed by atoms with E-state index in [0.29, 0.717) is 10.5 Å². The average Bonchev–Trinajstić information content (AvgIpc) is 2.39. The largest absolute Gasteiger partial charge is 0.618 e. The zero-order valence-corrected chi connectivity index (χ0v) is 10.3. The van der Waals surface area contributed by atoms with Crippen molar-refractivity contribution in [3.63, 3.8) is 0 Å². The topological polar surface area (TPSA) is 26.9 Å². The SMILES string of the molecule is [O-][n+]1cccc2cccc(-c3ccc(Cl)cc3)c21. The van der Waals surface area contributed by atoms with E-state index in [-0.39, 0.29) is 0 Å². The van der Waals surface area contributed by atoms with Crippen molar-refractivity contribution >= 4 is 22.5 Å². The van der Waals surface area contributed by atoms with E-state index in [0.717, 1.165) is 21.2 Å². The van der Waals surface area contributed by atoms with Crippen LogP contribution in [-0.4, -0.2) is 0 Å². The van der Waals surface area contributed by atoms with Crippen LogP contribution in [-0.2, 0) is 0 Å². The minimum atomic E-state index is 0.683. The highest BCUT2D eigenvalue weighted by molar-refractivity contribution is 6.30. The van der Waals surface area contributed by atoms with E-state index in [1.165, 1.54) is 6.20 Å². The Morgan fingerprint density at radius 1 is 0.889 bits per heavy atom. The molecule has 0 radical (unpaired) electrons. The van der Waals surface area contributed by atoms with Crippen LogP contribution < -0.4 is 4.73 Å². The highest BCUT2D eigenvalue weighted by Crippen LogP contribution is 2.27. The number of benzene rings is 2. The van der Waals surface area contributed by atoms with Gasteiger partial charge in [0.05, 0.1) is 5.56 Å². The highest BCUT2D eigenvalue weighted by Gasteiger charge is 2.10. The molecule has 0 aliphatic rings. The van der Waals surface area contributed by atoms with E-state index in [2.05, 4.69) is 0 Å². The number of pyridine rings is 1. The molecule has 0 saturated carbocycles. The zero-order valence-electron chi connectivity index (χ0n) is 9.51. The van der Waals surface area contributed by atoms with Crippen LogP contribution in [0.2, 0.25) is 5.02 Å². The first-order valence-electron chi connectivity index (χ1n) is 5.62. The lowest BCUT2D eigenvalue weighted by molar-refractivity contribution is -0.576. The second-order valence-electron chi connectivity index (χ2n) is 4.08. The fourth-order valence-corrected chi connectivity index (χ4v) is 2.23. The van der Waals surface area contributed by atoms with Crippen molar-refractivity contribution in [2.75, 3.05) is 0 Å². The van der Waals surface area contributed by atoms with Gasteiger partial charge in [0, 0.05) is 16.5 Å². The summed E-state index contributed by atoms with van der Waals surface area (Å²) in [6.45, 7) is 0. The molecule has 3 rings (SSSR count). The molecule has 0 atom stereocenters. The summed E-state index contributed by atoms with van der Waals surface area (Å²) in [6.07, 6.45) is 1.52. The van der Waals surface area contributed by atoms with Gasteiger partial charge in [-0.2, -0.15) is 4.73 Å². The van der Waals surface area contributed by atoms with Gasteiger partial charge >= 0.3 is 0 Å². The fraction of sp³-hybridized carbons (Fsp3) is 0. The predicted molar refractivity (Wildman–Crippen MR) is 73.4 cm³/mol. The van der Waals surface area contributed by atoms with E-state index < -0.39 is 0 Å². The van der Waals surface area contributed by atoms with Crippen LogP contribution in [0, 0.1) is 5.21 Å². The van der Waals surface area contributed by atoms with Gasteiger partial charge in [-0.05, 0) is 35.9 Å². The summed E-state index contributed by atoms with van der Waals surface area (Å²) in [7, 11) is 0. The van der Waals surface area contributed by atoms with Gasteiger partial charge in [-0.1, -0.05) is 29.8 Å². The van der Waals surface area contributed by atoms with Crippen LogP contribution >= 0.6 is 11.6 Å². The number of para-hydroxylation sites is 1. The zero-order chi connectivity index (χ0) is 12.5. The van der Waals surface area contributed by atoms with Crippen LogP contribution in [0.5, 0.6) is 0 Å². The molecular weight excluding hydrogens is 246 g/mol. The molecule has 1 aromatic heterocycles. The Balaban J connectivity index is 2.32. The summed E-state index contributed by atoms with van der Waals surface area (Å²) in [5.41, 5.74) is 2.59. The Kier molecular flexibility index (Phi) is 2.65. The molecule has 1 heterocycles. The van der Waals surface area contributed by atoms with Crippen LogP contribution in [0.15, 0.2) is 60.8 Å². The van der Waals surface area contributed by atoms with Crippen LogP contribution in [0.25, 0.3) is 22.0 Å². The van der Waals surface area contributed by atoms with Gasteiger partial charge in [0.15, 0.2) is 6.20 Å². The lowest BCUT2D eigenvalue weighted by Crippen LogP contribution is -2.26. The Labute approximate surface area is 110 Å². The number of rotatable bonds is 1. The summed E-state index contributed by atoms with van der Waals surface area (Å²) in [5.74, 6) is 0. The molecule has 18 heavy (non-hydrogen) atoms. The normalized spacial score (nSPS) is 10.7. The molecule has 2 aromatic carbocycles. The highest BCUT2D eigenvalue weighted by atomic mass is 35.5. The molecule has 0 bridgehead atoms. The van der Waals surface area contributed by atoms with Gasteiger partial charge in [-0.25, -0.2) is 0 Å². The van der Waals surface area contributed by atoms with E-state index in [9.17, 15) is 5.21 Å². The third kappa shape index (κ3) is 1.81. The van der Waals surface area contributed by atoms with Gasteiger partial charge in [0.1, 0.15) is 0 Å². The predicted octanol–water partition coefficient (Wildman–Crippen LogP) is 3.79. The maximum absolute atomic E-state index is 11.9. The van der Waals surface area contributed by atoms with E-state index >= 15 is 0 Å². The molecule has 0 amide bonds. The Morgan fingerprint density at radius 3 is 2.39 bits per heavy atom.